The molecule has 2 atom stereocenters. The molecule has 0 aromatic heterocycles. The normalized spacial score (nSPS) is 21.5. The summed E-state index contributed by atoms with van der Waals surface area (Å²) in [5, 5.41) is 0.172. The lowest BCUT2D eigenvalue weighted by molar-refractivity contribution is -0.148. The molecule has 1 aliphatic carbocycles. The zero-order valence-electron chi connectivity index (χ0n) is 17.6. The van der Waals surface area contributed by atoms with Crippen LogP contribution in [-0.4, -0.2) is 20.4 Å². The lowest BCUT2D eigenvalue weighted by Crippen LogP contribution is -2.41. The van der Waals surface area contributed by atoms with E-state index in [2.05, 4.69) is 33.9 Å². The maximum Gasteiger partial charge on any atom is 0.316 e. The van der Waals surface area contributed by atoms with E-state index >= 15 is 0 Å². The van der Waals surface area contributed by atoms with Crippen molar-refractivity contribution in [3.05, 3.63) is 41.7 Å². The molecule has 0 radical (unpaired) electrons. The summed E-state index contributed by atoms with van der Waals surface area (Å²) in [7, 11) is -1.83. The van der Waals surface area contributed by atoms with Gasteiger partial charge in [0.05, 0.1) is 11.5 Å². The second kappa shape index (κ2) is 7.32. The lowest BCUT2D eigenvalue weighted by Gasteiger charge is -2.36. The first kappa shape index (κ1) is 20.9. The minimum absolute atomic E-state index is 0.152. The quantitative estimate of drug-likeness (QED) is 0.359. The summed E-state index contributed by atoms with van der Waals surface area (Å²) in [6.07, 6.45) is 3.06. The van der Waals surface area contributed by atoms with Gasteiger partial charge in [-0.15, -0.1) is 0 Å². The molecule has 0 N–H and O–H groups in total. The van der Waals surface area contributed by atoms with Gasteiger partial charge in [0, 0.05) is 5.92 Å². The Hall–Kier alpha value is -1.39. The van der Waals surface area contributed by atoms with E-state index in [1.807, 2.05) is 57.2 Å². The SMILES string of the molecule is CC(C)(C)C(=O)O/C(=C\c1ccccc1)C1CC1O[Si](C)(C)C(C)(C)C. The molecule has 2 unspecified atom stereocenters. The monoisotopic (exact) mass is 374 g/mol. The maximum absolute atomic E-state index is 12.5. The molecule has 2 rings (SSSR count). The fraction of sp³-hybridized carbons (Fsp3) is 0.591. The topological polar surface area (TPSA) is 35.5 Å². The van der Waals surface area contributed by atoms with Crippen molar-refractivity contribution in [1.82, 2.24) is 0 Å². The van der Waals surface area contributed by atoms with Gasteiger partial charge in [0.2, 0.25) is 0 Å². The van der Waals surface area contributed by atoms with Crippen LogP contribution < -0.4 is 0 Å². The molecule has 1 aromatic rings. The Balaban J connectivity index is 2.19. The number of esters is 1. The average Bonchev–Trinajstić information content (AvgIpc) is 3.23. The van der Waals surface area contributed by atoms with Gasteiger partial charge in [-0.3, -0.25) is 4.79 Å². The van der Waals surface area contributed by atoms with Crippen LogP contribution in [0.4, 0.5) is 0 Å². The largest absolute Gasteiger partial charge is 0.430 e. The van der Waals surface area contributed by atoms with Gasteiger partial charge in [-0.25, -0.2) is 0 Å². The van der Waals surface area contributed by atoms with E-state index in [0.29, 0.717) is 0 Å². The van der Waals surface area contributed by atoms with Crippen molar-refractivity contribution in [2.45, 2.75) is 72.2 Å². The summed E-state index contributed by atoms with van der Waals surface area (Å²) < 4.78 is 12.3. The van der Waals surface area contributed by atoms with E-state index in [-0.39, 0.29) is 23.0 Å². The first-order valence-corrected chi connectivity index (χ1v) is 12.4. The van der Waals surface area contributed by atoms with E-state index in [0.717, 1.165) is 17.7 Å². The Bertz CT molecular complexity index is 663. The van der Waals surface area contributed by atoms with Gasteiger partial charge in [-0.1, -0.05) is 51.1 Å². The molecule has 1 saturated carbocycles. The number of hydrogen-bond donors (Lipinski definition) is 0. The molecule has 0 aliphatic heterocycles. The molecular formula is C22H34O3Si. The molecule has 1 aromatic carbocycles. The standard InChI is InChI=1S/C22H34O3Si/c1-21(2,3)20(23)24-18(14-16-12-10-9-11-13-16)17-15-19(17)25-26(7,8)22(4,5)6/h9-14,17,19H,15H2,1-8H3/b18-14-. The van der Waals surface area contributed by atoms with Crippen molar-refractivity contribution in [1.29, 1.82) is 0 Å². The Labute approximate surface area is 159 Å². The van der Waals surface area contributed by atoms with Gasteiger partial charge < -0.3 is 9.16 Å². The maximum atomic E-state index is 12.5. The van der Waals surface area contributed by atoms with E-state index in [4.69, 9.17) is 9.16 Å². The molecule has 0 spiro atoms. The molecule has 144 valence electrons. The number of hydrogen-bond acceptors (Lipinski definition) is 3. The van der Waals surface area contributed by atoms with Crippen LogP contribution in [0.25, 0.3) is 6.08 Å². The van der Waals surface area contributed by atoms with Gasteiger partial charge >= 0.3 is 5.97 Å². The van der Waals surface area contributed by atoms with Crippen molar-refractivity contribution in [3.63, 3.8) is 0 Å². The Morgan fingerprint density at radius 3 is 2.15 bits per heavy atom. The zero-order chi connectivity index (χ0) is 19.8. The van der Waals surface area contributed by atoms with E-state index in [1.165, 1.54) is 0 Å². The third-order valence-electron chi connectivity index (χ3n) is 5.28. The van der Waals surface area contributed by atoms with Crippen molar-refractivity contribution in [3.8, 4) is 0 Å². The molecule has 4 heteroatoms. The minimum atomic E-state index is -1.83. The third-order valence-corrected chi connectivity index (χ3v) is 9.79. The molecular weight excluding hydrogens is 340 g/mol. The highest BCUT2D eigenvalue weighted by Gasteiger charge is 2.49. The van der Waals surface area contributed by atoms with Crippen molar-refractivity contribution >= 4 is 20.4 Å². The van der Waals surface area contributed by atoms with Crippen molar-refractivity contribution in [2.24, 2.45) is 11.3 Å². The predicted molar refractivity (Wildman–Crippen MR) is 110 cm³/mol. The molecule has 1 aliphatic rings. The Kier molecular flexibility index (Phi) is 5.89. The average molecular weight is 375 g/mol. The smallest absolute Gasteiger partial charge is 0.316 e. The molecule has 0 amide bonds. The minimum Gasteiger partial charge on any atom is -0.430 e. The molecule has 0 saturated heterocycles. The first-order chi connectivity index (χ1) is 11.8. The van der Waals surface area contributed by atoms with E-state index in [1.54, 1.807) is 0 Å². The highest BCUT2D eigenvalue weighted by Crippen LogP contribution is 2.47. The Morgan fingerprint density at radius 2 is 1.65 bits per heavy atom. The van der Waals surface area contributed by atoms with Gasteiger partial charge in [-0.05, 0) is 57.0 Å². The molecule has 26 heavy (non-hydrogen) atoms. The summed E-state index contributed by atoms with van der Waals surface area (Å²) in [4.78, 5) is 12.5. The predicted octanol–water partition coefficient (Wildman–Crippen LogP) is 6.03. The second-order valence-electron chi connectivity index (χ2n) is 9.86. The fourth-order valence-corrected chi connectivity index (χ4v) is 3.71. The number of carbonyl (C=O) groups excluding carboxylic acids is 1. The van der Waals surface area contributed by atoms with Crippen LogP contribution >= 0.6 is 0 Å². The highest BCUT2D eigenvalue weighted by atomic mass is 28.4. The first-order valence-electron chi connectivity index (χ1n) is 9.48. The summed E-state index contributed by atoms with van der Waals surface area (Å²) in [6, 6.07) is 10.0. The van der Waals surface area contributed by atoms with Crippen LogP contribution in [0.3, 0.4) is 0 Å². The number of carbonyl (C=O) groups is 1. The van der Waals surface area contributed by atoms with E-state index in [9.17, 15) is 4.79 Å². The van der Waals surface area contributed by atoms with Crippen LogP contribution in [0.5, 0.6) is 0 Å². The lowest BCUT2D eigenvalue weighted by atomic mass is 9.97. The molecule has 1 fully saturated rings. The summed E-state index contributed by atoms with van der Waals surface area (Å²) in [5.41, 5.74) is 0.516. The molecule has 0 heterocycles. The van der Waals surface area contributed by atoms with Crippen LogP contribution in [0.15, 0.2) is 36.1 Å². The second-order valence-corrected chi connectivity index (χ2v) is 14.6. The summed E-state index contributed by atoms with van der Waals surface area (Å²) in [6.45, 7) is 16.9. The van der Waals surface area contributed by atoms with Crippen LogP contribution in [0.1, 0.15) is 53.5 Å². The van der Waals surface area contributed by atoms with Crippen LogP contribution in [0, 0.1) is 11.3 Å². The van der Waals surface area contributed by atoms with Crippen LogP contribution in [0.2, 0.25) is 18.1 Å². The van der Waals surface area contributed by atoms with Gasteiger partial charge in [-0.2, -0.15) is 0 Å². The third kappa shape index (κ3) is 5.30. The van der Waals surface area contributed by atoms with Crippen LogP contribution in [-0.2, 0) is 14.0 Å². The van der Waals surface area contributed by atoms with Crippen molar-refractivity contribution in [2.75, 3.05) is 0 Å². The highest BCUT2D eigenvalue weighted by molar-refractivity contribution is 6.74. The summed E-state index contributed by atoms with van der Waals surface area (Å²) in [5.74, 6) is 0.702. The molecule has 0 bridgehead atoms. The molecule has 3 nitrogen and oxygen atoms in total. The van der Waals surface area contributed by atoms with Gasteiger partial charge in [0.25, 0.3) is 0 Å². The van der Waals surface area contributed by atoms with Gasteiger partial charge in [0.1, 0.15) is 5.76 Å². The zero-order valence-corrected chi connectivity index (χ0v) is 18.6. The van der Waals surface area contributed by atoms with Gasteiger partial charge in [0.15, 0.2) is 8.32 Å². The fourth-order valence-electron chi connectivity index (χ4n) is 2.34. The van der Waals surface area contributed by atoms with E-state index < -0.39 is 13.7 Å². The van der Waals surface area contributed by atoms with Crippen molar-refractivity contribution < 1.29 is 14.0 Å². The Morgan fingerprint density at radius 1 is 1.08 bits per heavy atom. The number of rotatable bonds is 5. The number of ether oxygens (including phenoxy) is 1. The summed E-state index contributed by atoms with van der Waals surface area (Å²) >= 11 is 0. The number of benzene rings is 1.